The van der Waals surface area contributed by atoms with Gasteiger partial charge in [-0.15, -0.1) is 0 Å². The molecule has 7 nitrogen and oxygen atoms in total. The minimum absolute atomic E-state index is 0.148. The van der Waals surface area contributed by atoms with Gasteiger partial charge in [0.05, 0.1) is 13.0 Å². The number of carbonyl (C=O) groups is 3. The van der Waals surface area contributed by atoms with Gasteiger partial charge in [0.25, 0.3) is 5.91 Å². The Kier molecular flexibility index (Phi) is 8.51. The van der Waals surface area contributed by atoms with E-state index in [4.69, 9.17) is 4.74 Å². The Hall–Kier alpha value is -4.43. The molecule has 2 N–H and O–H groups in total. The normalized spacial score (nSPS) is 21.8. The highest BCUT2D eigenvalue weighted by atomic mass is 79.9. The lowest BCUT2D eigenvalue weighted by Gasteiger charge is -2.39. The van der Waals surface area contributed by atoms with E-state index in [1.54, 1.807) is 24.1 Å². The van der Waals surface area contributed by atoms with Gasteiger partial charge in [-0.1, -0.05) is 90.4 Å². The van der Waals surface area contributed by atoms with Gasteiger partial charge < -0.3 is 20.3 Å². The molecular weight excluding hydrogens is 642 g/mol. The van der Waals surface area contributed by atoms with Crippen LogP contribution in [0.4, 0.5) is 16.2 Å². The summed E-state index contributed by atoms with van der Waals surface area (Å²) >= 11 is 3.62. The van der Waals surface area contributed by atoms with Crippen molar-refractivity contribution >= 4 is 45.0 Å². The third kappa shape index (κ3) is 5.18. The van der Waals surface area contributed by atoms with E-state index in [9.17, 15) is 9.59 Å². The highest BCUT2D eigenvalue weighted by molar-refractivity contribution is 9.10. The average Bonchev–Trinajstić information content (AvgIpc) is 3.49. The average molecular weight is 681 g/mol. The Bertz CT molecular complexity index is 1790. The fourth-order valence-electron chi connectivity index (χ4n) is 7.48. The first-order valence-electron chi connectivity index (χ1n) is 15.6. The van der Waals surface area contributed by atoms with Gasteiger partial charge in [-0.3, -0.25) is 9.59 Å². The van der Waals surface area contributed by atoms with Crippen LogP contribution < -0.4 is 15.4 Å². The van der Waals surface area contributed by atoms with E-state index in [0.29, 0.717) is 34.7 Å². The fraction of sp³-hybridized carbons (Fsp3) is 0.289. The molecule has 4 atom stereocenters. The standard InChI is InChI=1S/C38H38BrN3O4/c1-22(2)20-31-32(25-14-17-28(46-5)18-15-25)33(35(43)26-12-7-6-8-13-26)38(29-21-27(39)16-19-30(29)40-36(38)44)42(31)37(45)41-34-23(3)10-9-11-24(34)4/h6-19,21-22,31-33H,20H2,1-5H3,(H,40,44)(H,41,45). The lowest BCUT2D eigenvalue weighted by molar-refractivity contribution is -0.126. The van der Waals surface area contributed by atoms with Crippen molar-refractivity contribution in [1.29, 1.82) is 0 Å². The maximum Gasteiger partial charge on any atom is 0.323 e. The fourth-order valence-corrected chi connectivity index (χ4v) is 7.84. The zero-order valence-electron chi connectivity index (χ0n) is 26.6. The van der Waals surface area contributed by atoms with Crippen LogP contribution in [0.3, 0.4) is 0 Å². The monoisotopic (exact) mass is 679 g/mol. The molecule has 2 aliphatic rings. The molecule has 2 aliphatic heterocycles. The number of likely N-dealkylation sites (tertiary alicyclic amines) is 1. The van der Waals surface area contributed by atoms with Gasteiger partial charge in [0.15, 0.2) is 11.3 Å². The number of nitrogens with one attached hydrogen (secondary N) is 2. The number of hydrogen-bond acceptors (Lipinski definition) is 4. The van der Waals surface area contributed by atoms with Gasteiger partial charge in [0.1, 0.15) is 5.75 Å². The van der Waals surface area contributed by atoms with Gasteiger partial charge >= 0.3 is 6.03 Å². The van der Waals surface area contributed by atoms with Crippen LogP contribution in [0.1, 0.15) is 58.8 Å². The quantitative estimate of drug-likeness (QED) is 0.192. The van der Waals surface area contributed by atoms with Gasteiger partial charge in [0.2, 0.25) is 0 Å². The maximum atomic E-state index is 15.0. The van der Waals surface area contributed by atoms with Crippen LogP contribution in [0.2, 0.25) is 0 Å². The summed E-state index contributed by atoms with van der Waals surface area (Å²) in [6, 6.07) is 27.2. The van der Waals surface area contributed by atoms with E-state index in [1.165, 1.54) is 0 Å². The second-order valence-corrected chi connectivity index (χ2v) is 13.6. The number of para-hydroxylation sites is 1. The molecule has 4 aromatic rings. The number of rotatable bonds is 7. The zero-order chi connectivity index (χ0) is 32.7. The summed E-state index contributed by atoms with van der Waals surface area (Å²) in [4.78, 5) is 46.5. The molecule has 46 heavy (non-hydrogen) atoms. The number of anilines is 2. The van der Waals surface area contributed by atoms with Crippen molar-refractivity contribution in [2.45, 2.75) is 51.6 Å². The molecule has 3 amide bonds. The first-order chi connectivity index (χ1) is 22.1. The number of benzene rings is 4. The number of carbonyl (C=O) groups excluding carboxylic acids is 3. The number of aryl methyl sites for hydroxylation is 2. The molecule has 1 fully saturated rings. The second-order valence-electron chi connectivity index (χ2n) is 12.7. The lowest BCUT2D eigenvalue weighted by Crippen LogP contribution is -2.57. The van der Waals surface area contributed by atoms with Crippen LogP contribution >= 0.6 is 15.9 Å². The number of urea groups is 1. The molecule has 236 valence electrons. The molecule has 1 saturated heterocycles. The summed E-state index contributed by atoms with van der Waals surface area (Å²) in [5, 5.41) is 6.27. The zero-order valence-corrected chi connectivity index (χ0v) is 28.2. The Morgan fingerprint density at radius 3 is 2.26 bits per heavy atom. The van der Waals surface area contributed by atoms with Gasteiger partial charge in [0, 0.05) is 38.9 Å². The molecule has 0 saturated carbocycles. The Morgan fingerprint density at radius 1 is 0.957 bits per heavy atom. The molecule has 2 heterocycles. The molecule has 0 bridgehead atoms. The minimum atomic E-state index is -1.64. The number of fused-ring (bicyclic) bond motifs is 2. The second kappa shape index (κ2) is 12.4. The van der Waals surface area contributed by atoms with Crippen molar-refractivity contribution in [3.8, 4) is 5.75 Å². The number of ether oxygens (including phenoxy) is 1. The predicted octanol–water partition coefficient (Wildman–Crippen LogP) is 8.47. The maximum absolute atomic E-state index is 15.0. The molecule has 4 unspecified atom stereocenters. The van der Waals surface area contributed by atoms with Crippen molar-refractivity contribution in [2.24, 2.45) is 11.8 Å². The van der Waals surface area contributed by atoms with Gasteiger partial charge in [-0.05, 0) is 73.2 Å². The number of Topliss-reactive ketones (excluding diaryl/α,β-unsaturated/α-hetero) is 1. The van der Waals surface area contributed by atoms with E-state index < -0.39 is 35.4 Å². The third-order valence-electron chi connectivity index (χ3n) is 9.41. The molecule has 1 spiro atoms. The van der Waals surface area contributed by atoms with Crippen molar-refractivity contribution in [3.05, 3.63) is 123 Å². The number of ketones is 1. The van der Waals surface area contributed by atoms with E-state index in [1.807, 2.05) is 92.7 Å². The van der Waals surface area contributed by atoms with Crippen molar-refractivity contribution in [3.63, 3.8) is 0 Å². The predicted molar refractivity (Wildman–Crippen MR) is 184 cm³/mol. The van der Waals surface area contributed by atoms with Crippen molar-refractivity contribution in [1.82, 2.24) is 4.90 Å². The summed E-state index contributed by atoms with van der Waals surface area (Å²) in [6.07, 6.45) is 0.563. The van der Waals surface area contributed by atoms with Gasteiger partial charge in [-0.2, -0.15) is 0 Å². The van der Waals surface area contributed by atoms with Crippen LogP contribution in [0.15, 0.2) is 95.5 Å². The molecule has 0 radical (unpaired) electrons. The highest BCUT2D eigenvalue weighted by Crippen LogP contribution is 2.60. The lowest BCUT2D eigenvalue weighted by atomic mass is 9.69. The topological polar surface area (TPSA) is 87.7 Å². The van der Waals surface area contributed by atoms with Crippen LogP contribution in [0.5, 0.6) is 5.75 Å². The van der Waals surface area contributed by atoms with E-state index >= 15 is 4.79 Å². The number of amides is 3. The number of hydrogen-bond donors (Lipinski definition) is 2. The summed E-state index contributed by atoms with van der Waals surface area (Å²) in [5.74, 6) is -1.21. The largest absolute Gasteiger partial charge is 0.497 e. The first-order valence-corrected chi connectivity index (χ1v) is 16.4. The molecule has 0 aliphatic carbocycles. The minimum Gasteiger partial charge on any atom is -0.497 e. The highest BCUT2D eigenvalue weighted by Gasteiger charge is 2.70. The third-order valence-corrected chi connectivity index (χ3v) is 9.90. The number of nitrogens with zero attached hydrogens (tertiary/aromatic N) is 1. The van der Waals surface area contributed by atoms with Crippen LogP contribution in [-0.2, 0) is 10.3 Å². The molecule has 4 aromatic carbocycles. The molecular formula is C38H38BrN3O4. The number of methoxy groups -OCH3 is 1. The SMILES string of the molecule is COc1ccc(C2C(CC(C)C)N(C(=O)Nc3c(C)cccc3C)C3(C(=O)Nc4ccc(Br)cc43)C2C(=O)c2ccccc2)cc1. The van der Waals surface area contributed by atoms with E-state index in [0.717, 1.165) is 21.2 Å². The molecule has 0 aromatic heterocycles. The van der Waals surface area contributed by atoms with Crippen molar-refractivity contribution < 1.29 is 19.1 Å². The van der Waals surface area contributed by atoms with Crippen LogP contribution in [0, 0.1) is 25.7 Å². The summed E-state index contributed by atoms with van der Waals surface area (Å²) in [5.41, 5.74) is 3.40. The summed E-state index contributed by atoms with van der Waals surface area (Å²) in [7, 11) is 1.61. The van der Waals surface area contributed by atoms with Crippen LogP contribution in [0.25, 0.3) is 0 Å². The Labute approximate surface area is 278 Å². The van der Waals surface area contributed by atoms with Crippen LogP contribution in [-0.4, -0.2) is 35.8 Å². The summed E-state index contributed by atoms with van der Waals surface area (Å²) in [6.45, 7) is 8.10. The van der Waals surface area contributed by atoms with Crippen molar-refractivity contribution in [2.75, 3.05) is 17.7 Å². The smallest absolute Gasteiger partial charge is 0.323 e. The first kappa shape index (κ1) is 31.5. The Morgan fingerprint density at radius 2 is 1.63 bits per heavy atom. The Balaban J connectivity index is 1.67. The van der Waals surface area contributed by atoms with E-state index in [2.05, 4.69) is 40.4 Å². The van der Waals surface area contributed by atoms with Gasteiger partial charge in [-0.25, -0.2) is 4.79 Å². The van der Waals surface area contributed by atoms with E-state index in [-0.39, 0.29) is 11.7 Å². The number of halogens is 1. The molecule has 8 heteroatoms. The summed E-state index contributed by atoms with van der Waals surface area (Å²) < 4.78 is 6.22. The molecule has 6 rings (SSSR count).